The third kappa shape index (κ3) is 6.69. The number of halogens is 3. The molecule has 0 aromatic carbocycles. The molecule has 1 aliphatic rings. The Kier molecular flexibility index (Phi) is 5.79. The Morgan fingerprint density at radius 2 is 1.78 bits per heavy atom. The molecule has 0 aliphatic heterocycles. The minimum Gasteiger partial charge on any atom is -0.460 e. The molecule has 130 valence electrons. The van der Waals surface area contributed by atoms with Gasteiger partial charge in [0.25, 0.3) is 0 Å². The van der Waals surface area contributed by atoms with Gasteiger partial charge in [0.15, 0.2) is 0 Å². The van der Waals surface area contributed by atoms with Crippen LogP contribution in [-0.4, -0.2) is 42.5 Å². The lowest BCUT2D eigenvalue weighted by Gasteiger charge is -2.28. The summed E-state index contributed by atoms with van der Waals surface area (Å²) in [5, 5.41) is 0. The van der Waals surface area contributed by atoms with Crippen LogP contribution in [0.3, 0.4) is 0 Å². The number of aromatic nitrogens is 2. The van der Waals surface area contributed by atoms with Crippen LogP contribution >= 0.6 is 0 Å². The maximum absolute atomic E-state index is 12.1. The molecule has 1 N–H and O–H groups in total. The van der Waals surface area contributed by atoms with Crippen molar-refractivity contribution in [2.24, 2.45) is 0 Å². The second kappa shape index (κ2) is 7.43. The molecule has 0 saturated heterocycles. The maximum atomic E-state index is 12.1. The van der Waals surface area contributed by atoms with Gasteiger partial charge in [-0.15, -0.1) is 0 Å². The second-order valence-corrected chi connectivity index (χ2v) is 7.30. The first-order chi connectivity index (χ1) is 10.7. The highest BCUT2D eigenvalue weighted by atomic mass is 32.2. The Balaban J connectivity index is 1.76. The Morgan fingerprint density at radius 3 is 2.35 bits per heavy atom. The van der Waals surface area contributed by atoms with Crippen LogP contribution < -0.4 is 9.46 Å². The van der Waals surface area contributed by atoms with E-state index in [-0.39, 0.29) is 18.2 Å². The van der Waals surface area contributed by atoms with Gasteiger partial charge in [-0.1, -0.05) is 0 Å². The summed E-state index contributed by atoms with van der Waals surface area (Å²) in [5.74, 6) is -0.940. The summed E-state index contributed by atoms with van der Waals surface area (Å²) in [5.41, 5.74) is 0. The molecule has 6 nitrogen and oxygen atoms in total. The Morgan fingerprint density at radius 1 is 1.17 bits per heavy atom. The lowest BCUT2D eigenvalue weighted by molar-refractivity contribution is -0.130. The fourth-order valence-electron chi connectivity index (χ4n) is 2.36. The zero-order chi connectivity index (χ0) is 16.9. The van der Waals surface area contributed by atoms with Gasteiger partial charge in [0.1, 0.15) is 6.10 Å². The van der Waals surface area contributed by atoms with Crippen LogP contribution in [0.1, 0.15) is 32.1 Å². The van der Waals surface area contributed by atoms with Crippen LogP contribution in [0.25, 0.3) is 0 Å². The number of alkyl halides is 3. The van der Waals surface area contributed by atoms with E-state index >= 15 is 0 Å². The molecular formula is C13H18F3N3O3S. The number of rotatable bonds is 6. The fourth-order valence-corrected chi connectivity index (χ4v) is 3.72. The van der Waals surface area contributed by atoms with Crippen LogP contribution in [0.2, 0.25) is 0 Å². The Labute approximate surface area is 132 Å². The van der Waals surface area contributed by atoms with Crippen molar-refractivity contribution in [3.63, 3.8) is 0 Å². The van der Waals surface area contributed by atoms with E-state index in [0.717, 1.165) is 0 Å². The number of sulfonamides is 1. The molecule has 0 amide bonds. The highest BCUT2D eigenvalue weighted by molar-refractivity contribution is 7.89. The molecule has 1 aromatic heterocycles. The van der Waals surface area contributed by atoms with E-state index in [4.69, 9.17) is 4.74 Å². The van der Waals surface area contributed by atoms with Crippen LogP contribution in [0.15, 0.2) is 18.5 Å². The number of hydrogen-bond donors (Lipinski definition) is 1. The molecule has 1 saturated carbocycles. The van der Waals surface area contributed by atoms with Crippen LogP contribution in [-0.2, 0) is 10.0 Å². The van der Waals surface area contributed by atoms with Crippen molar-refractivity contribution in [1.82, 2.24) is 14.7 Å². The van der Waals surface area contributed by atoms with Gasteiger partial charge in [-0.25, -0.2) is 23.1 Å². The van der Waals surface area contributed by atoms with Gasteiger partial charge in [0, 0.05) is 18.4 Å². The Bertz CT molecular complexity index is 587. The third-order valence-corrected chi connectivity index (χ3v) is 4.92. The highest BCUT2D eigenvalue weighted by Gasteiger charge is 2.31. The summed E-state index contributed by atoms with van der Waals surface area (Å²) in [6, 6.07) is 1.57. The van der Waals surface area contributed by atoms with Gasteiger partial charge in [0.05, 0.1) is 12.2 Å². The summed E-state index contributed by atoms with van der Waals surface area (Å²) in [7, 11) is -3.93. The average Bonchev–Trinajstić information content (AvgIpc) is 2.48. The lowest BCUT2D eigenvalue weighted by Crippen LogP contribution is -2.41. The second-order valence-electron chi connectivity index (χ2n) is 5.42. The minimum absolute atomic E-state index is 0.117. The van der Waals surface area contributed by atoms with Crippen LogP contribution in [0, 0.1) is 0 Å². The quantitative estimate of drug-likeness (QED) is 0.846. The monoisotopic (exact) mass is 353 g/mol. The Hall–Kier alpha value is -1.42. The predicted octanol–water partition coefficient (Wildman–Crippen LogP) is 2.04. The first-order valence-corrected chi connectivity index (χ1v) is 8.89. The van der Waals surface area contributed by atoms with E-state index in [2.05, 4.69) is 14.7 Å². The number of hydrogen-bond acceptors (Lipinski definition) is 5. The van der Waals surface area contributed by atoms with Crippen molar-refractivity contribution in [3.05, 3.63) is 18.5 Å². The molecule has 0 unspecified atom stereocenters. The van der Waals surface area contributed by atoms with Crippen molar-refractivity contribution in [2.45, 2.75) is 50.4 Å². The van der Waals surface area contributed by atoms with E-state index in [1.54, 1.807) is 18.5 Å². The molecule has 0 spiro atoms. The van der Waals surface area contributed by atoms with Gasteiger partial charge < -0.3 is 4.74 Å². The summed E-state index contributed by atoms with van der Waals surface area (Å²) in [4.78, 5) is 7.89. The van der Waals surface area contributed by atoms with Crippen molar-refractivity contribution in [1.29, 1.82) is 0 Å². The highest BCUT2D eigenvalue weighted by Crippen LogP contribution is 2.24. The summed E-state index contributed by atoms with van der Waals surface area (Å²) in [6.07, 6.45) is -0.637. The molecule has 2 rings (SSSR count). The summed E-state index contributed by atoms with van der Waals surface area (Å²) < 4.78 is 67.5. The van der Waals surface area contributed by atoms with Crippen LogP contribution in [0.5, 0.6) is 6.01 Å². The molecule has 1 aromatic rings. The summed E-state index contributed by atoms with van der Waals surface area (Å²) >= 11 is 0. The van der Waals surface area contributed by atoms with E-state index in [9.17, 15) is 21.6 Å². The van der Waals surface area contributed by atoms with Crippen molar-refractivity contribution in [3.8, 4) is 6.01 Å². The van der Waals surface area contributed by atoms with Crippen molar-refractivity contribution >= 4 is 10.0 Å². The molecule has 1 aliphatic carbocycles. The third-order valence-electron chi connectivity index (χ3n) is 3.49. The predicted molar refractivity (Wildman–Crippen MR) is 76.3 cm³/mol. The van der Waals surface area contributed by atoms with Gasteiger partial charge in [-0.2, -0.15) is 13.2 Å². The smallest absolute Gasteiger partial charge is 0.390 e. The largest absolute Gasteiger partial charge is 0.460 e. The SMILES string of the molecule is O=S(=O)(CCC(F)(F)F)NC1CCC(Oc2ncccn2)CC1. The van der Waals surface area contributed by atoms with Crippen LogP contribution in [0.4, 0.5) is 13.2 Å². The zero-order valence-electron chi connectivity index (χ0n) is 12.3. The number of ether oxygens (including phenoxy) is 1. The van der Waals surface area contributed by atoms with Gasteiger partial charge in [-0.3, -0.25) is 0 Å². The first kappa shape index (κ1) is 17.9. The standard InChI is InChI=1S/C13H18F3N3O3S/c14-13(15,16)6-9-23(20,21)19-10-2-4-11(5-3-10)22-12-17-7-1-8-18-12/h1,7-8,10-11,19H,2-6,9H2. The number of nitrogens with one attached hydrogen (secondary N) is 1. The van der Waals surface area contributed by atoms with Crippen molar-refractivity contribution in [2.75, 3.05) is 5.75 Å². The molecule has 0 bridgehead atoms. The summed E-state index contributed by atoms with van der Waals surface area (Å²) in [6.45, 7) is 0. The van der Waals surface area contributed by atoms with Gasteiger partial charge in [0.2, 0.25) is 10.0 Å². The maximum Gasteiger partial charge on any atom is 0.390 e. The molecule has 0 atom stereocenters. The molecule has 1 heterocycles. The van der Waals surface area contributed by atoms with E-state index in [1.165, 1.54) is 0 Å². The minimum atomic E-state index is -4.48. The molecular weight excluding hydrogens is 335 g/mol. The zero-order valence-corrected chi connectivity index (χ0v) is 13.1. The average molecular weight is 353 g/mol. The molecule has 0 radical (unpaired) electrons. The topological polar surface area (TPSA) is 81.2 Å². The normalized spacial score (nSPS) is 22.7. The van der Waals surface area contributed by atoms with E-state index < -0.39 is 28.4 Å². The molecule has 23 heavy (non-hydrogen) atoms. The van der Waals surface area contributed by atoms with E-state index in [0.29, 0.717) is 25.7 Å². The lowest BCUT2D eigenvalue weighted by atomic mass is 9.94. The molecule has 1 fully saturated rings. The first-order valence-electron chi connectivity index (χ1n) is 7.24. The van der Waals surface area contributed by atoms with E-state index in [1.807, 2.05) is 0 Å². The van der Waals surface area contributed by atoms with Gasteiger partial charge >= 0.3 is 12.2 Å². The van der Waals surface area contributed by atoms with Crippen molar-refractivity contribution < 1.29 is 26.3 Å². The fraction of sp³-hybridized carbons (Fsp3) is 0.692. The number of nitrogens with zero attached hydrogens (tertiary/aromatic N) is 2. The molecule has 10 heteroatoms. The van der Waals surface area contributed by atoms with Gasteiger partial charge in [-0.05, 0) is 31.7 Å².